The Morgan fingerprint density at radius 3 is 2.18 bits per heavy atom. The number of para-hydroxylation sites is 1. The summed E-state index contributed by atoms with van der Waals surface area (Å²) in [4.78, 5) is 29.2. The number of hydrogen-bond acceptors (Lipinski definition) is 3. The van der Waals surface area contributed by atoms with E-state index in [0.717, 1.165) is 11.3 Å². The number of carbonyl (C=O) groups excluding carboxylic acids is 2. The minimum atomic E-state index is -0.697. The molecule has 5 nitrogen and oxygen atoms in total. The van der Waals surface area contributed by atoms with Crippen LogP contribution in [0.1, 0.15) is 12.0 Å². The van der Waals surface area contributed by atoms with E-state index in [1.807, 2.05) is 42.5 Å². The molecule has 0 radical (unpaired) electrons. The lowest BCUT2D eigenvalue weighted by molar-refractivity contribution is -0.122. The zero-order chi connectivity index (χ0) is 23.4. The Balaban J connectivity index is 1.57. The molecule has 0 aliphatic carbocycles. The van der Waals surface area contributed by atoms with E-state index in [1.54, 1.807) is 41.3 Å². The van der Waals surface area contributed by atoms with Crippen LogP contribution in [0.3, 0.4) is 0 Å². The minimum absolute atomic E-state index is 0.0524. The fraction of sp³-hybridized carbons (Fsp3) is 0.160. The van der Waals surface area contributed by atoms with Crippen molar-refractivity contribution >= 4 is 63.7 Å². The molecule has 2 amide bonds. The monoisotopic (exact) mass is 497 g/mol. The number of amides is 2. The molecule has 1 atom stereocenters. The third-order valence-corrected chi connectivity index (χ3v) is 6.26. The van der Waals surface area contributed by atoms with Crippen molar-refractivity contribution in [2.75, 3.05) is 16.8 Å². The highest BCUT2D eigenvalue weighted by atomic mass is 35.5. The van der Waals surface area contributed by atoms with Crippen molar-refractivity contribution in [3.05, 3.63) is 94.5 Å². The van der Waals surface area contributed by atoms with Gasteiger partial charge in [0.05, 0.1) is 12.1 Å². The molecule has 33 heavy (non-hydrogen) atoms. The van der Waals surface area contributed by atoms with Crippen molar-refractivity contribution < 1.29 is 9.59 Å². The number of halogens is 2. The van der Waals surface area contributed by atoms with Crippen LogP contribution in [0, 0.1) is 0 Å². The van der Waals surface area contributed by atoms with Crippen molar-refractivity contribution in [2.24, 2.45) is 0 Å². The lowest BCUT2D eigenvalue weighted by Gasteiger charge is -2.30. The van der Waals surface area contributed by atoms with E-state index in [4.69, 9.17) is 35.4 Å². The van der Waals surface area contributed by atoms with E-state index in [1.165, 1.54) is 4.90 Å². The molecule has 1 heterocycles. The first-order chi connectivity index (χ1) is 15.9. The summed E-state index contributed by atoms with van der Waals surface area (Å²) in [6, 6.07) is 22.9. The van der Waals surface area contributed by atoms with Crippen LogP contribution in [0.25, 0.3) is 0 Å². The smallest absolute Gasteiger partial charge is 0.257 e. The second kappa shape index (κ2) is 10.3. The highest BCUT2D eigenvalue weighted by Gasteiger charge is 2.43. The summed E-state index contributed by atoms with van der Waals surface area (Å²) >= 11 is 17.7. The Bertz CT molecular complexity index is 1150. The molecule has 0 aromatic heterocycles. The summed E-state index contributed by atoms with van der Waals surface area (Å²) in [6.45, 7) is 0.452. The summed E-state index contributed by atoms with van der Waals surface area (Å²) in [6.07, 6.45) is 0.680. The molecule has 8 heteroatoms. The van der Waals surface area contributed by atoms with Gasteiger partial charge in [0.15, 0.2) is 5.11 Å². The topological polar surface area (TPSA) is 52.7 Å². The molecular formula is C25H21Cl2N3O2S. The first-order valence-corrected chi connectivity index (χ1v) is 11.6. The molecule has 1 saturated heterocycles. The van der Waals surface area contributed by atoms with E-state index >= 15 is 0 Å². The molecule has 1 unspecified atom stereocenters. The molecule has 1 fully saturated rings. The maximum absolute atomic E-state index is 13.4. The number of imide groups is 1. The van der Waals surface area contributed by atoms with Gasteiger partial charge in [-0.3, -0.25) is 9.59 Å². The Labute approximate surface area is 207 Å². The van der Waals surface area contributed by atoms with Gasteiger partial charge in [-0.2, -0.15) is 0 Å². The average molecular weight is 498 g/mol. The SMILES string of the molecule is O=C1CC(N(CCc2ccc(Cl)cc2)C(=S)Nc2ccc(Cl)cc2)C(=O)N1c1ccccc1. The largest absolute Gasteiger partial charge is 0.336 e. The number of nitrogens with zero attached hydrogens (tertiary/aromatic N) is 2. The van der Waals surface area contributed by atoms with E-state index < -0.39 is 6.04 Å². The molecule has 0 bridgehead atoms. The predicted molar refractivity (Wildman–Crippen MR) is 137 cm³/mol. The average Bonchev–Trinajstić information content (AvgIpc) is 3.11. The maximum Gasteiger partial charge on any atom is 0.257 e. The number of nitrogens with one attached hydrogen (secondary N) is 1. The zero-order valence-corrected chi connectivity index (χ0v) is 19.9. The van der Waals surface area contributed by atoms with Crippen LogP contribution in [-0.4, -0.2) is 34.4 Å². The summed E-state index contributed by atoms with van der Waals surface area (Å²) in [7, 11) is 0. The van der Waals surface area contributed by atoms with Crippen LogP contribution in [0.5, 0.6) is 0 Å². The van der Waals surface area contributed by atoms with Crippen molar-refractivity contribution in [1.82, 2.24) is 4.90 Å². The summed E-state index contributed by atoms with van der Waals surface area (Å²) in [5.41, 5.74) is 2.36. The molecule has 3 aromatic carbocycles. The normalized spacial score (nSPS) is 15.6. The zero-order valence-electron chi connectivity index (χ0n) is 17.6. The molecule has 1 aliphatic heterocycles. The number of thiocarbonyl (C=S) groups is 1. The second-order valence-corrected chi connectivity index (χ2v) is 8.89. The Kier molecular flexibility index (Phi) is 7.28. The van der Waals surface area contributed by atoms with Crippen molar-refractivity contribution in [3.63, 3.8) is 0 Å². The number of carbonyl (C=O) groups is 2. The number of anilines is 2. The van der Waals surface area contributed by atoms with E-state index in [2.05, 4.69) is 5.32 Å². The minimum Gasteiger partial charge on any atom is -0.336 e. The van der Waals surface area contributed by atoms with Crippen molar-refractivity contribution in [3.8, 4) is 0 Å². The maximum atomic E-state index is 13.4. The van der Waals surface area contributed by atoms with E-state index in [-0.39, 0.29) is 18.2 Å². The first-order valence-electron chi connectivity index (χ1n) is 10.4. The van der Waals surface area contributed by atoms with Crippen LogP contribution in [0.2, 0.25) is 10.0 Å². The molecule has 3 aromatic rings. The third kappa shape index (κ3) is 5.53. The molecular weight excluding hydrogens is 477 g/mol. The molecule has 168 valence electrons. The first kappa shape index (κ1) is 23.2. The van der Waals surface area contributed by atoms with Gasteiger partial charge in [0.2, 0.25) is 5.91 Å². The molecule has 1 aliphatic rings. The fourth-order valence-electron chi connectivity index (χ4n) is 3.74. The summed E-state index contributed by atoms with van der Waals surface area (Å²) in [5, 5.41) is 4.82. The lowest BCUT2D eigenvalue weighted by Crippen LogP contribution is -2.48. The van der Waals surface area contributed by atoms with E-state index in [9.17, 15) is 9.59 Å². The van der Waals surface area contributed by atoms with Gasteiger partial charge in [0.1, 0.15) is 6.04 Å². The molecule has 1 N–H and O–H groups in total. The molecule has 0 spiro atoms. The lowest BCUT2D eigenvalue weighted by atomic mass is 10.1. The van der Waals surface area contributed by atoms with Crippen molar-refractivity contribution in [1.29, 1.82) is 0 Å². The highest BCUT2D eigenvalue weighted by Crippen LogP contribution is 2.26. The third-order valence-electron chi connectivity index (χ3n) is 5.42. The molecule has 0 saturated carbocycles. The van der Waals surface area contributed by atoms with Gasteiger partial charge in [-0.15, -0.1) is 0 Å². The molecule has 4 rings (SSSR count). The van der Waals surface area contributed by atoms with Crippen LogP contribution in [0.15, 0.2) is 78.9 Å². The van der Waals surface area contributed by atoms with Gasteiger partial charge in [0.25, 0.3) is 5.91 Å². The number of rotatable bonds is 6. The Morgan fingerprint density at radius 2 is 1.55 bits per heavy atom. The van der Waals surface area contributed by atoms with Gasteiger partial charge in [0, 0.05) is 22.3 Å². The Morgan fingerprint density at radius 1 is 0.939 bits per heavy atom. The van der Waals surface area contributed by atoms with Gasteiger partial charge >= 0.3 is 0 Å². The number of benzene rings is 3. The van der Waals surface area contributed by atoms with Crippen LogP contribution in [0.4, 0.5) is 11.4 Å². The van der Waals surface area contributed by atoms with Crippen LogP contribution < -0.4 is 10.2 Å². The predicted octanol–water partition coefficient (Wildman–Crippen LogP) is 5.57. The van der Waals surface area contributed by atoms with Crippen LogP contribution in [-0.2, 0) is 16.0 Å². The highest BCUT2D eigenvalue weighted by molar-refractivity contribution is 7.80. The summed E-state index contributed by atoms with van der Waals surface area (Å²) in [5.74, 6) is -0.537. The van der Waals surface area contributed by atoms with Gasteiger partial charge in [-0.25, -0.2) is 4.90 Å². The second-order valence-electron chi connectivity index (χ2n) is 7.63. The number of hydrogen-bond donors (Lipinski definition) is 1. The van der Waals surface area contributed by atoms with Gasteiger partial charge < -0.3 is 10.2 Å². The van der Waals surface area contributed by atoms with Gasteiger partial charge in [-0.05, 0) is 72.7 Å². The van der Waals surface area contributed by atoms with Crippen LogP contribution >= 0.6 is 35.4 Å². The quantitative estimate of drug-likeness (QED) is 0.356. The summed E-state index contributed by atoms with van der Waals surface area (Å²) < 4.78 is 0. The van der Waals surface area contributed by atoms with E-state index in [0.29, 0.717) is 33.8 Å². The van der Waals surface area contributed by atoms with Gasteiger partial charge in [-0.1, -0.05) is 53.5 Å². The standard InChI is InChI=1S/C25H21Cl2N3O2S/c26-18-8-6-17(7-9-18)14-15-29(25(33)28-20-12-10-19(27)11-13-20)22-16-23(31)30(24(22)32)21-4-2-1-3-5-21/h1-13,22H,14-16H2,(H,28,33). The van der Waals surface area contributed by atoms with Crippen molar-refractivity contribution in [2.45, 2.75) is 18.9 Å². The fourth-order valence-corrected chi connectivity index (χ4v) is 4.32. The Hall–Kier alpha value is -2.93.